The molecule has 0 radical (unpaired) electrons. The van der Waals surface area contributed by atoms with E-state index in [-0.39, 0.29) is 23.0 Å². The van der Waals surface area contributed by atoms with Gasteiger partial charge < -0.3 is 9.84 Å². The molecular weight excluding hydrogens is 334 g/mol. The van der Waals surface area contributed by atoms with Crippen LogP contribution in [0.1, 0.15) is 12.6 Å². The fourth-order valence-electron chi connectivity index (χ4n) is 1.71. The average Bonchev–Trinajstić information content (AvgIpc) is 2.56. The van der Waals surface area contributed by atoms with Crippen LogP contribution in [0.15, 0.2) is 53.4 Å². The maximum Gasteiger partial charge on any atom is 0.373 e. The minimum atomic E-state index is -3.80. The Labute approximate surface area is 138 Å². The lowest BCUT2D eigenvalue weighted by Gasteiger charge is -2.07. The highest BCUT2D eigenvalue weighted by atomic mass is 32.2. The number of aromatic nitrogens is 2. The van der Waals surface area contributed by atoms with E-state index in [0.29, 0.717) is 0 Å². The van der Waals surface area contributed by atoms with Crippen molar-refractivity contribution in [2.45, 2.75) is 11.8 Å². The maximum atomic E-state index is 12.2. The number of aliphatic hydroxyl groups is 1. The summed E-state index contributed by atoms with van der Waals surface area (Å²) in [6.45, 7) is 1.72. The molecule has 126 valence electrons. The lowest BCUT2D eigenvalue weighted by molar-refractivity contribution is -0.141. The van der Waals surface area contributed by atoms with E-state index in [9.17, 15) is 18.3 Å². The Morgan fingerprint density at radius 3 is 2.67 bits per heavy atom. The predicted molar refractivity (Wildman–Crippen MR) is 86.5 cm³/mol. The highest BCUT2D eigenvalue weighted by molar-refractivity contribution is 7.92. The number of nitrogens with zero attached hydrogens (tertiary/aromatic N) is 2. The van der Waals surface area contributed by atoms with Crippen LogP contribution in [-0.2, 0) is 19.6 Å². The van der Waals surface area contributed by atoms with Crippen molar-refractivity contribution < 1.29 is 23.1 Å². The number of anilines is 1. The highest BCUT2D eigenvalue weighted by Crippen LogP contribution is 2.15. The van der Waals surface area contributed by atoms with E-state index < -0.39 is 21.8 Å². The van der Waals surface area contributed by atoms with Gasteiger partial charge in [-0.1, -0.05) is 18.2 Å². The van der Waals surface area contributed by atoms with Crippen molar-refractivity contribution in [1.29, 1.82) is 0 Å². The van der Waals surface area contributed by atoms with Crippen LogP contribution in [0, 0.1) is 0 Å². The summed E-state index contributed by atoms with van der Waals surface area (Å²) in [6.07, 6.45) is 2.16. The van der Waals surface area contributed by atoms with Gasteiger partial charge in [0.05, 0.1) is 17.2 Å². The second kappa shape index (κ2) is 7.55. The smallest absolute Gasteiger partial charge is 0.373 e. The van der Waals surface area contributed by atoms with Crippen molar-refractivity contribution in [2.75, 3.05) is 11.3 Å². The average molecular weight is 349 g/mol. The van der Waals surface area contributed by atoms with E-state index in [0.717, 1.165) is 12.4 Å². The summed E-state index contributed by atoms with van der Waals surface area (Å²) in [4.78, 5) is 19.1. The van der Waals surface area contributed by atoms with Gasteiger partial charge in [0.1, 0.15) is 12.1 Å². The van der Waals surface area contributed by atoms with Gasteiger partial charge in [0.2, 0.25) is 5.76 Å². The third-order valence-corrected chi connectivity index (χ3v) is 4.12. The van der Waals surface area contributed by atoms with E-state index in [4.69, 9.17) is 0 Å². The molecule has 0 saturated carbocycles. The van der Waals surface area contributed by atoms with Crippen molar-refractivity contribution in [3.8, 4) is 0 Å². The molecular formula is C15H15N3O5S. The zero-order chi connectivity index (χ0) is 17.6. The first-order valence-corrected chi connectivity index (χ1v) is 8.38. The number of carbonyl (C=O) groups is 1. The molecule has 0 bridgehead atoms. The van der Waals surface area contributed by atoms with E-state index in [1.54, 1.807) is 25.1 Å². The number of carbonyl (C=O) groups excluding carboxylic acids is 1. The number of hydrogen-bond donors (Lipinski definition) is 2. The molecule has 0 amide bonds. The first-order valence-electron chi connectivity index (χ1n) is 6.90. The van der Waals surface area contributed by atoms with Crippen LogP contribution in [0.3, 0.4) is 0 Å². The van der Waals surface area contributed by atoms with Gasteiger partial charge in [-0.15, -0.1) is 0 Å². The van der Waals surface area contributed by atoms with Crippen LogP contribution in [0.2, 0.25) is 0 Å². The highest BCUT2D eigenvalue weighted by Gasteiger charge is 2.15. The Morgan fingerprint density at radius 1 is 1.29 bits per heavy atom. The fraction of sp³-hybridized carbons (Fsp3) is 0.133. The molecule has 0 atom stereocenters. The Hall–Kier alpha value is -2.94. The quantitative estimate of drug-likeness (QED) is 0.463. The van der Waals surface area contributed by atoms with Crippen LogP contribution in [0.5, 0.6) is 0 Å². The minimum Gasteiger partial charge on any atom is -0.502 e. The Morgan fingerprint density at radius 2 is 2.00 bits per heavy atom. The van der Waals surface area contributed by atoms with Crippen LogP contribution < -0.4 is 4.72 Å². The summed E-state index contributed by atoms with van der Waals surface area (Å²) >= 11 is 0. The summed E-state index contributed by atoms with van der Waals surface area (Å²) in [5.74, 6) is -1.55. The Bertz CT molecular complexity index is 850. The first-order chi connectivity index (χ1) is 11.4. The molecule has 0 fully saturated rings. The number of rotatable bonds is 6. The van der Waals surface area contributed by atoms with Gasteiger partial charge in [0.15, 0.2) is 0 Å². The number of hydrogen-bond acceptors (Lipinski definition) is 7. The number of benzene rings is 1. The number of nitrogens with one attached hydrogen (secondary N) is 1. The summed E-state index contributed by atoms with van der Waals surface area (Å²) in [7, 11) is -3.80. The third-order valence-electron chi connectivity index (χ3n) is 2.75. The van der Waals surface area contributed by atoms with Crippen molar-refractivity contribution in [3.63, 3.8) is 0 Å². The molecule has 0 unspecified atom stereocenters. The number of aliphatic hydroxyl groups excluding tert-OH is 1. The van der Waals surface area contributed by atoms with Gasteiger partial charge >= 0.3 is 5.97 Å². The van der Waals surface area contributed by atoms with Crippen molar-refractivity contribution in [3.05, 3.63) is 54.2 Å². The summed E-state index contributed by atoms with van der Waals surface area (Å²) in [5.41, 5.74) is 0.140. The molecule has 9 heteroatoms. The molecule has 24 heavy (non-hydrogen) atoms. The topological polar surface area (TPSA) is 118 Å². The summed E-state index contributed by atoms with van der Waals surface area (Å²) < 4.78 is 31.4. The van der Waals surface area contributed by atoms with Crippen LogP contribution in [0.4, 0.5) is 5.82 Å². The molecule has 1 aromatic heterocycles. The molecule has 0 saturated heterocycles. The third kappa shape index (κ3) is 4.53. The molecule has 1 heterocycles. The zero-order valence-corrected chi connectivity index (χ0v) is 13.5. The molecule has 2 rings (SSSR count). The van der Waals surface area contributed by atoms with Crippen LogP contribution in [0.25, 0.3) is 6.08 Å². The second-order valence-electron chi connectivity index (χ2n) is 4.50. The molecule has 0 aliphatic rings. The van der Waals surface area contributed by atoms with Gasteiger partial charge in [-0.2, -0.15) is 0 Å². The van der Waals surface area contributed by atoms with Gasteiger partial charge in [0.25, 0.3) is 10.0 Å². The molecule has 1 aromatic carbocycles. The fourth-order valence-corrected chi connectivity index (χ4v) is 2.73. The number of sulfonamides is 1. The van der Waals surface area contributed by atoms with E-state index in [1.165, 1.54) is 18.2 Å². The maximum absolute atomic E-state index is 12.2. The van der Waals surface area contributed by atoms with Crippen molar-refractivity contribution >= 4 is 27.9 Å². The van der Waals surface area contributed by atoms with Gasteiger partial charge in [0, 0.05) is 12.1 Å². The largest absolute Gasteiger partial charge is 0.502 e. The molecule has 2 N–H and O–H groups in total. The van der Waals surface area contributed by atoms with Gasteiger partial charge in [-0.25, -0.2) is 23.2 Å². The van der Waals surface area contributed by atoms with E-state index >= 15 is 0 Å². The summed E-state index contributed by atoms with van der Waals surface area (Å²) in [5, 5.41) is 9.59. The Kier molecular flexibility index (Phi) is 5.48. The predicted octanol–water partition coefficient (Wildman–Crippen LogP) is 1.74. The second-order valence-corrected chi connectivity index (χ2v) is 6.18. The molecule has 0 aliphatic heterocycles. The SMILES string of the molecule is CCOC(=O)C(O)=Cc1cc(NS(=O)(=O)c2ccccc2)ncn1. The molecule has 2 aromatic rings. The van der Waals surface area contributed by atoms with Crippen molar-refractivity contribution in [2.24, 2.45) is 0 Å². The van der Waals surface area contributed by atoms with E-state index in [2.05, 4.69) is 19.4 Å². The normalized spacial score (nSPS) is 11.8. The lowest BCUT2D eigenvalue weighted by atomic mass is 10.3. The molecule has 0 aliphatic carbocycles. The Balaban J connectivity index is 2.22. The van der Waals surface area contributed by atoms with Crippen LogP contribution in [-0.4, -0.2) is 36.1 Å². The number of ether oxygens (including phenoxy) is 1. The van der Waals surface area contributed by atoms with Gasteiger partial charge in [-0.3, -0.25) is 4.72 Å². The molecule has 8 nitrogen and oxygen atoms in total. The van der Waals surface area contributed by atoms with Crippen LogP contribution >= 0.6 is 0 Å². The zero-order valence-electron chi connectivity index (χ0n) is 12.7. The van der Waals surface area contributed by atoms with Gasteiger partial charge in [-0.05, 0) is 19.1 Å². The standard InChI is InChI=1S/C15H15N3O5S/c1-2-23-15(20)13(19)8-11-9-14(17-10-16-11)18-24(21,22)12-6-4-3-5-7-12/h3-10,19H,2H2,1H3,(H,16,17,18). The van der Waals surface area contributed by atoms with Crippen molar-refractivity contribution in [1.82, 2.24) is 9.97 Å². The monoisotopic (exact) mass is 349 g/mol. The lowest BCUT2D eigenvalue weighted by Crippen LogP contribution is -2.14. The van der Waals surface area contributed by atoms with E-state index in [1.807, 2.05) is 0 Å². The molecule has 0 spiro atoms. The minimum absolute atomic E-state index is 0.00300. The number of esters is 1. The summed E-state index contributed by atoms with van der Waals surface area (Å²) in [6, 6.07) is 9.05. The first kappa shape index (κ1) is 17.4.